The highest BCUT2D eigenvalue weighted by molar-refractivity contribution is 7.88. The molecule has 0 spiro atoms. The van der Waals surface area contributed by atoms with Gasteiger partial charge in [0, 0.05) is 23.3 Å². The third-order valence-corrected chi connectivity index (χ3v) is 16.8. The van der Waals surface area contributed by atoms with E-state index in [1.807, 2.05) is 18.2 Å². The SMILES string of the molecule is O=P(C1CCCCC1)(C1CCCCC1)[C@]1(OS(=O)(=O)C(F)(F)F)CC=C2CCCCC2=C1c1cccc2c1CCCC2. The molecule has 1 aromatic carbocycles. The van der Waals surface area contributed by atoms with Crippen LogP contribution < -0.4 is 0 Å². The lowest BCUT2D eigenvalue weighted by molar-refractivity contribution is -0.0573. The van der Waals surface area contributed by atoms with Crippen LogP contribution in [-0.4, -0.2) is 30.6 Å². The Balaban J connectivity index is 1.68. The van der Waals surface area contributed by atoms with E-state index in [1.54, 1.807) is 0 Å². The fraction of sp³-hybridized carbons (Fsp3) is 0.697. The summed E-state index contributed by atoms with van der Waals surface area (Å²) in [6.45, 7) is 0. The van der Waals surface area contributed by atoms with Crippen LogP contribution in [0.15, 0.2) is 35.4 Å². The smallest absolute Gasteiger partial charge is 0.320 e. The van der Waals surface area contributed by atoms with Gasteiger partial charge in [0.2, 0.25) is 0 Å². The molecule has 4 nitrogen and oxygen atoms in total. The predicted octanol–water partition coefficient (Wildman–Crippen LogP) is 9.81. The van der Waals surface area contributed by atoms with E-state index >= 15 is 4.57 Å². The van der Waals surface area contributed by atoms with Gasteiger partial charge in [0.05, 0.1) is 0 Å². The second-order valence-corrected chi connectivity index (χ2v) is 18.3. The molecule has 0 amide bonds. The number of halogens is 3. The fourth-order valence-corrected chi connectivity index (χ4v) is 15.3. The molecule has 1 atom stereocenters. The Hall–Kier alpha value is -1.37. The van der Waals surface area contributed by atoms with Gasteiger partial charge in [-0.1, -0.05) is 62.8 Å². The van der Waals surface area contributed by atoms with Gasteiger partial charge in [0.15, 0.2) is 5.34 Å². The maximum absolute atomic E-state index is 16.4. The summed E-state index contributed by atoms with van der Waals surface area (Å²) in [6.07, 6.45) is 16.8. The van der Waals surface area contributed by atoms with Crippen LogP contribution in [0.25, 0.3) is 5.57 Å². The Bertz CT molecular complexity index is 1380. The van der Waals surface area contributed by atoms with E-state index in [4.69, 9.17) is 4.18 Å². The van der Waals surface area contributed by atoms with Crippen LogP contribution >= 0.6 is 7.14 Å². The van der Waals surface area contributed by atoms with Gasteiger partial charge in [-0.2, -0.15) is 21.6 Å². The monoisotopic (exact) mass is 624 g/mol. The van der Waals surface area contributed by atoms with Crippen LogP contribution in [0.5, 0.6) is 0 Å². The van der Waals surface area contributed by atoms with Crippen LogP contribution in [0.1, 0.15) is 126 Å². The largest absolute Gasteiger partial charge is 0.523 e. The average molecular weight is 625 g/mol. The first-order valence-corrected chi connectivity index (χ1v) is 19.5. The molecule has 0 saturated heterocycles. The quantitative estimate of drug-likeness (QED) is 0.180. The minimum atomic E-state index is -6.05. The lowest BCUT2D eigenvalue weighted by Gasteiger charge is -2.52. The van der Waals surface area contributed by atoms with Crippen LogP contribution in [-0.2, 0) is 31.7 Å². The van der Waals surface area contributed by atoms with Crippen molar-refractivity contribution in [3.8, 4) is 0 Å². The Morgan fingerprint density at radius 1 is 0.786 bits per heavy atom. The van der Waals surface area contributed by atoms with Crippen molar-refractivity contribution in [3.05, 3.63) is 52.1 Å². The molecule has 42 heavy (non-hydrogen) atoms. The lowest BCUT2D eigenvalue weighted by atomic mass is 9.75. The molecule has 0 bridgehead atoms. The molecule has 9 heteroatoms. The van der Waals surface area contributed by atoms with E-state index in [9.17, 15) is 21.6 Å². The number of alkyl halides is 3. The van der Waals surface area contributed by atoms with E-state index in [2.05, 4.69) is 6.07 Å². The van der Waals surface area contributed by atoms with Gasteiger partial charge in [0.1, 0.15) is 7.14 Å². The molecule has 3 saturated carbocycles. The Morgan fingerprint density at radius 2 is 1.38 bits per heavy atom. The number of benzene rings is 1. The van der Waals surface area contributed by atoms with Crippen molar-refractivity contribution in [1.82, 2.24) is 0 Å². The maximum atomic E-state index is 16.4. The van der Waals surface area contributed by atoms with E-state index in [0.717, 1.165) is 111 Å². The number of aryl methyl sites for hydroxylation is 1. The van der Waals surface area contributed by atoms with Gasteiger partial charge in [-0.3, -0.25) is 0 Å². The number of allylic oxidation sites excluding steroid dienone is 2. The zero-order valence-electron chi connectivity index (χ0n) is 24.5. The molecular formula is C33H44F3O4PS. The molecular weight excluding hydrogens is 580 g/mol. The van der Waals surface area contributed by atoms with Gasteiger partial charge < -0.3 is 4.57 Å². The molecule has 0 N–H and O–H groups in total. The summed E-state index contributed by atoms with van der Waals surface area (Å²) in [6, 6.07) is 5.98. The van der Waals surface area contributed by atoms with Crippen molar-refractivity contribution < 1.29 is 30.3 Å². The van der Waals surface area contributed by atoms with Gasteiger partial charge in [-0.25, -0.2) is 4.18 Å². The predicted molar refractivity (Wildman–Crippen MR) is 161 cm³/mol. The minimum absolute atomic E-state index is 0.0789. The third kappa shape index (κ3) is 5.19. The van der Waals surface area contributed by atoms with Gasteiger partial charge in [0.25, 0.3) is 0 Å². The Kier molecular flexibility index (Phi) is 8.65. The first-order chi connectivity index (χ1) is 20.1. The zero-order valence-corrected chi connectivity index (χ0v) is 26.2. The van der Waals surface area contributed by atoms with Gasteiger partial charge >= 0.3 is 15.6 Å². The molecule has 5 aliphatic rings. The maximum Gasteiger partial charge on any atom is 0.523 e. The molecule has 232 valence electrons. The van der Waals surface area contributed by atoms with E-state index in [-0.39, 0.29) is 17.7 Å². The van der Waals surface area contributed by atoms with Crippen LogP contribution in [0, 0.1) is 0 Å². The van der Waals surface area contributed by atoms with Crippen molar-refractivity contribution in [2.45, 2.75) is 144 Å². The first kappa shape index (κ1) is 30.6. The topological polar surface area (TPSA) is 60.4 Å². The molecule has 0 unspecified atom stereocenters. The summed E-state index contributed by atoms with van der Waals surface area (Å²) in [4.78, 5) is 0. The third-order valence-electron chi connectivity index (χ3n) is 10.8. The zero-order chi connectivity index (χ0) is 29.6. The highest BCUT2D eigenvalue weighted by Gasteiger charge is 2.65. The molecule has 1 aromatic rings. The van der Waals surface area contributed by atoms with Crippen LogP contribution in [0.2, 0.25) is 0 Å². The van der Waals surface area contributed by atoms with Gasteiger partial charge in [-0.05, 0) is 105 Å². The summed E-state index contributed by atoms with van der Waals surface area (Å²) in [5, 5.41) is -2.05. The molecule has 0 aliphatic heterocycles. The fourth-order valence-electron chi connectivity index (χ4n) is 8.92. The van der Waals surface area contributed by atoms with E-state index in [0.29, 0.717) is 37.7 Å². The second-order valence-electron chi connectivity index (χ2n) is 13.2. The summed E-state index contributed by atoms with van der Waals surface area (Å²) in [5.74, 6) is 0. The lowest BCUT2D eigenvalue weighted by Crippen LogP contribution is -2.47. The first-order valence-electron chi connectivity index (χ1n) is 16.2. The normalized spacial score (nSPS) is 26.9. The van der Waals surface area contributed by atoms with Crippen molar-refractivity contribution in [1.29, 1.82) is 0 Å². The number of hydrogen-bond donors (Lipinski definition) is 0. The highest BCUT2D eigenvalue weighted by Crippen LogP contribution is 2.77. The summed E-state index contributed by atoms with van der Waals surface area (Å²) in [7, 11) is -9.82. The molecule has 0 heterocycles. The van der Waals surface area contributed by atoms with Crippen molar-refractivity contribution in [2.24, 2.45) is 0 Å². The minimum Gasteiger partial charge on any atom is -0.320 e. The number of rotatable bonds is 6. The average Bonchev–Trinajstić information content (AvgIpc) is 3.00. The van der Waals surface area contributed by atoms with Crippen LogP contribution in [0.3, 0.4) is 0 Å². The van der Waals surface area contributed by atoms with Crippen molar-refractivity contribution >= 4 is 22.8 Å². The van der Waals surface area contributed by atoms with Crippen LogP contribution in [0.4, 0.5) is 13.2 Å². The summed E-state index contributed by atoms with van der Waals surface area (Å²) < 4.78 is 91.7. The van der Waals surface area contributed by atoms with Gasteiger partial charge in [-0.15, -0.1) is 0 Å². The van der Waals surface area contributed by atoms with E-state index < -0.39 is 28.1 Å². The van der Waals surface area contributed by atoms with E-state index in [1.165, 1.54) is 0 Å². The molecule has 0 radical (unpaired) electrons. The molecule has 5 aliphatic carbocycles. The highest BCUT2D eigenvalue weighted by atomic mass is 32.2. The molecule has 3 fully saturated rings. The Morgan fingerprint density at radius 3 is 2.02 bits per heavy atom. The van der Waals surface area contributed by atoms with Crippen molar-refractivity contribution in [2.75, 3.05) is 0 Å². The second kappa shape index (κ2) is 11.9. The Labute approximate surface area is 249 Å². The number of hydrogen-bond acceptors (Lipinski definition) is 4. The number of fused-ring (bicyclic) bond motifs is 2. The van der Waals surface area contributed by atoms with Crippen molar-refractivity contribution in [3.63, 3.8) is 0 Å². The summed E-state index contributed by atoms with van der Waals surface area (Å²) >= 11 is 0. The summed E-state index contributed by atoms with van der Waals surface area (Å²) in [5.41, 5.74) is -0.747. The molecule has 0 aromatic heterocycles. The standard InChI is InChI=1S/C33H44F3O4PS/c34-33(35,36)42(38,39)40-32(41(37,26-15-3-1-4-16-26)27-17-5-2-6-18-27)23-22-25-13-8-10-20-29(25)31(32)30-21-11-14-24-12-7-9-19-28(24)30/h11,14,21-22,26-27H,1-10,12-13,15-20,23H2/t32-/m1/s1. The molecule has 6 rings (SSSR count).